The van der Waals surface area contributed by atoms with Crippen molar-refractivity contribution >= 4 is 23.4 Å². The molecule has 7 heteroatoms. The fraction of sp³-hybridized carbons (Fsp3) is 0.417. The number of para-hydroxylation sites is 1. The van der Waals surface area contributed by atoms with Crippen molar-refractivity contribution in [1.82, 2.24) is 15.5 Å². The van der Waals surface area contributed by atoms with Gasteiger partial charge in [-0.3, -0.25) is 14.5 Å². The van der Waals surface area contributed by atoms with E-state index < -0.39 is 0 Å². The first-order valence-electron chi connectivity index (χ1n) is 10.7. The molecule has 2 aromatic rings. The van der Waals surface area contributed by atoms with E-state index in [1.807, 2.05) is 18.2 Å². The highest BCUT2D eigenvalue weighted by atomic mass is 35.5. The second-order valence-corrected chi connectivity index (χ2v) is 8.23. The zero-order valence-corrected chi connectivity index (χ0v) is 18.7. The van der Waals surface area contributed by atoms with Crippen LogP contribution in [0.15, 0.2) is 48.5 Å². The minimum Gasteiger partial charge on any atom is -0.496 e. The second-order valence-electron chi connectivity index (χ2n) is 7.80. The van der Waals surface area contributed by atoms with E-state index >= 15 is 0 Å². The van der Waals surface area contributed by atoms with Crippen molar-refractivity contribution in [2.45, 2.75) is 38.3 Å². The van der Waals surface area contributed by atoms with Gasteiger partial charge < -0.3 is 15.4 Å². The molecule has 6 nitrogen and oxygen atoms in total. The smallest absolute Gasteiger partial charge is 0.251 e. The molecular formula is C24H30ClN3O3. The molecule has 31 heavy (non-hydrogen) atoms. The molecule has 0 unspecified atom stereocenters. The summed E-state index contributed by atoms with van der Waals surface area (Å²) in [4.78, 5) is 26.7. The van der Waals surface area contributed by atoms with Crippen LogP contribution in [-0.4, -0.2) is 49.5 Å². The summed E-state index contributed by atoms with van der Waals surface area (Å²) in [7, 11) is 1.70. The zero-order valence-electron chi connectivity index (χ0n) is 17.9. The number of hydrogen-bond acceptors (Lipinski definition) is 4. The van der Waals surface area contributed by atoms with Gasteiger partial charge in [-0.1, -0.05) is 29.8 Å². The highest BCUT2D eigenvalue weighted by Crippen LogP contribution is 2.21. The lowest BCUT2D eigenvalue weighted by Gasteiger charge is -2.32. The van der Waals surface area contributed by atoms with Crippen LogP contribution < -0.4 is 15.4 Å². The van der Waals surface area contributed by atoms with Gasteiger partial charge in [0, 0.05) is 54.8 Å². The maximum atomic E-state index is 12.3. The molecule has 1 saturated heterocycles. The number of hydrogen-bond donors (Lipinski definition) is 2. The molecule has 2 aromatic carbocycles. The summed E-state index contributed by atoms with van der Waals surface area (Å²) in [5, 5.41) is 6.57. The Morgan fingerprint density at radius 3 is 2.52 bits per heavy atom. The third-order valence-corrected chi connectivity index (χ3v) is 5.76. The van der Waals surface area contributed by atoms with Gasteiger partial charge in [-0.05, 0) is 49.6 Å². The number of benzene rings is 2. The normalized spacial score (nSPS) is 14.8. The number of halogens is 1. The number of carbonyl (C=O) groups is 2. The fourth-order valence-corrected chi connectivity index (χ4v) is 3.89. The molecule has 0 radical (unpaired) electrons. The lowest BCUT2D eigenvalue weighted by atomic mass is 10.0. The van der Waals surface area contributed by atoms with Crippen LogP contribution in [0.2, 0.25) is 5.02 Å². The van der Waals surface area contributed by atoms with Crippen LogP contribution in [0.5, 0.6) is 5.75 Å². The Morgan fingerprint density at radius 1 is 1.10 bits per heavy atom. The predicted molar refractivity (Wildman–Crippen MR) is 122 cm³/mol. The first-order valence-corrected chi connectivity index (χ1v) is 11.1. The number of rotatable bonds is 9. The molecule has 3 rings (SSSR count). The quantitative estimate of drug-likeness (QED) is 0.580. The van der Waals surface area contributed by atoms with Crippen molar-refractivity contribution in [2.75, 3.05) is 26.7 Å². The fourth-order valence-electron chi connectivity index (χ4n) is 3.76. The Kier molecular flexibility index (Phi) is 8.74. The molecule has 0 aliphatic carbocycles. The van der Waals surface area contributed by atoms with Crippen LogP contribution in [0.1, 0.15) is 41.6 Å². The topological polar surface area (TPSA) is 70.7 Å². The van der Waals surface area contributed by atoms with E-state index in [-0.39, 0.29) is 17.9 Å². The molecule has 1 fully saturated rings. The molecule has 2 amide bonds. The average molecular weight is 444 g/mol. The SMILES string of the molecule is COc1ccccc1CN1CCC(NC(=O)CCCNC(=O)c2ccc(Cl)cc2)CC1. The highest BCUT2D eigenvalue weighted by Gasteiger charge is 2.21. The van der Waals surface area contributed by atoms with Gasteiger partial charge in [0.05, 0.1) is 7.11 Å². The van der Waals surface area contributed by atoms with Crippen LogP contribution in [0.25, 0.3) is 0 Å². The first kappa shape index (κ1) is 23.1. The van der Waals surface area contributed by atoms with Gasteiger partial charge in [0.15, 0.2) is 0 Å². The maximum absolute atomic E-state index is 12.3. The van der Waals surface area contributed by atoms with E-state index in [1.54, 1.807) is 31.4 Å². The molecule has 0 saturated carbocycles. The standard InChI is InChI=1S/C24H30ClN3O3/c1-31-22-6-3-2-5-19(22)17-28-15-12-21(13-16-28)27-23(29)7-4-14-26-24(30)18-8-10-20(25)11-9-18/h2-3,5-6,8-11,21H,4,7,12-17H2,1H3,(H,26,30)(H,27,29). The van der Waals surface area contributed by atoms with Gasteiger partial charge in [0.25, 0.3) is 5.91 Å². The van der Waals surface area contributed by atoms with Gasteiger partial charge in [-0.15, -0.1) is 0 Å². The largest absolute Gasteiger partial charge is 0.496 e. The summed E-state index contributed by atoms with van der Waals surface area (Å²) in [6, 6.07) is 15.0. The van der Waals surface area contributed by atoms with Gasteiger partial charge >= 0.3 is 0 Å². The third kappa shape index (κ3) is 7.26. The lowest BCUT2D eigenvalue weighted by Crippen LogP contribution is -2.44. The Morgan fingerprint density at radius 2 is 1.81 bits per heavy atom. The third-order valence-electron chi connectivity index (χ3n) is 5.51. The number of amides is 2. The molecule has 0 spiro atoms. The summed E-state index contributed by atoms with van der Waals surface area (Å²) in [5.74, 6) is 0.810. The Balaban J connectivity index is 1.31. The van der Waals surface area contributed by atoms with Gasteiger partial charge in [0.1, 0.15) is 5.75 Å². The Hall–Kier alpha value is -2.57. The number of likely N-dealkylation sites (tertiary alicyclic amines) is 1. The summed E-state index contributed by atoms with van der Waals surface area (Å²) in [6.07, 6.45) is 2.89. The second kappa shape index (κ2) is 11.7. The minimum absolute atomic E-state index is 0.0453. The number of piperidine rings is 1. The van der Waals surface area contributed by atoms with E-state index in [0.29, 0.717) is 30.0 Å². The van der Waals surface area contributed by atoms with E-state index in [0.717, 1.165) is 38.2 Å². The number of nitrogens with one attached hydrogen (secondary N) is 2. The van der Waals surface area contributed by atoms with E-state index in [2.05, 4.69) is 21.6 Å². The van der Waals surface area contributed by atoms with Crippen LogP contribution in [0, 0.1) is 0 Å². The molecule has 1 aliphatic heterocycles. The Labute approximate surface area is 188 Å². The van der Waals surface area contributed by atoms with Crippen molar-refractivity contribution < 1.29 is 14.3 Å². The molecule has 0 aromatic heterocycles. The number of methoxy groups -OCH3 is 1. The van der Waals surface area contributed by atoms with Crippen molar-refractivity contribution in [2.24, 2.45) is 0 Å². The van der Waals surface area contributed by atoms with Crippen molar-refractivity contribution in [1.29, 1.82) is 0 Å². The molecule has 0 atom stereocenters. The number of nitrogens with zero attached hydrogens (tertiary/aromatic N) is 1. The molecular weight excluding hydrogens is 414 g/mol. The summed E-state index contributed by atoms with van der Waals surface area (Å²) in [5.41, 5.74) is 1.75. The van der Waals surface area contributed by atoms with E-state index in [9.17, 15) is 9.59 Å². The summed E-state index contributed by atoms with van der Waals surface area (Å²) in [6.45, 7) is 3.21. The lowest BCUT2D eigenvalue weighted by molar-refractivity contribution is -0.122. The van der Waals surface area contributed by atoms with Crippen molar-refractivity contribution in [3.05, 3.63) is 64.7 Å². The molecule has 1 heterocycles. The molecule has 2 N–H and O–H groups in total. The van der Waals surface area contributed by atoms with Crippen LogP contribution in [-0.2, 0) is 11.3 Å². The minimum atomic E-state index is -0.153. The van der Waals surface area contributed by atoms with E-state index in [1.165, 1.54) is 5.56 Å². The number of ether oxygens (including phenoxy) is 1. The van der Waals surface area contributed by atoms with Crippen LogP contribution in [0.3, 0.4) is 0 Å². The molecule has 166 valence electrons. The highest BCUT2D eigenvalue weighted by molar-refractivity contribution is 6.30. The van der Waals surface area contributed by atoms with Crippen molar-refractivity contribution in [3.63, 3.8) is 0 Å². The maximum Gasteiger partial charge on any atom is 0.251 e. The molecule has 1 aliphatic rings. The van der Waals surface area contributed by atoms with Crippen LogP contribution in [0.4, 0.5) is 0 Å². The summed E-state index contributed by atoms with van der Waals surface area (Å²) < 4.78 is 5.44. The zero-order chi connectivity index (χ0) is 22.1. The molecule has 0 bridgehead atoms. The van der Waals surface area contributed by atoms with Crippen molar-refractivity contribution in [3.8, 4) is 5.75 Å². The monoisotopic (exact) mass is 443 g/mol. The Bertz CT molecular complexity index is 865. The van der Waals surface area contributed by atoms with Gasteiger partial charge in [0.2, 0.25) is 5.91 Å². The summed E-state index contributed by atoms with van der Waals surface area (Å²) >= 11 is 5.83. The van der Waals surface area contributed by atoms with E-state index in [4.69, 9.17) is 16.3 Å². The average Bonchev–Trinajstić information content (AvgIpc) is 2.79. The van der Waals surface area contributed by atoms with Gasteiger partial charge in [-0.25, -0.2) is 0 Å². The first-order chi connectivity index (χ1) is 15.0. The van der Waals surface area contributed by atoms with Gasteiger partial charge in [-0.2, -0.15) is 0 Å². The number of carbonyl (C=O) groups excluding carboxylic acids is 2. The van der Waals surface area contributed by atoms with Crippen LogP contribution >= 0.6 is 11.6 Å². The predicted octanol–water partition coefficient (Wildman–Crippen LogP) is 3.64.